The van der Waals surface area contributed by atoms with E-state index in [-0.39, 0.29) is 0 Å². The number of aromatic nitrogens is 3. The van der Waals surface area contributed by atoms with Gasteiger partial charge in [-0.3, -0.25) is 0 Å². The molecule has 0 spiro atoms. The number of nitrogens with zero attached hydrogens (tertiary/aromatic N) is 3. The third-order valence-electron chi connectivity index (χ3n) is 5.19. The van der Waals surface area contributed by atoms with Gasteiger partial charge in [0, 0.05) is 11.1 Å². The van der Waals surface area contributed by atoms with Crippen LogP contribution in [0.15, 0.2) is 115 Å². The summed E-state index contributed by atoms with van der Waals surface area (Å²) >= 11 is 0. The Bertz CT molecular complexity index is 1300. The summed E-state index contributed by atoms with van der Waals surface area (Å²) < 4.78 is 1.92. The van der Waals surface area contributed by atoms with Crippen LogP contribution in [0.2, 0.25) is 0 Å². The molecule has 0 aliphatic heterocycles. The minimum absolute atomic E-state index is 0.864. The van der Waals surface area contributed by atoms with Gasteiger partial charge in [-0.05, 0) is 23.3 Å². The van der Waals surface area contributed by atoms with Crippen LogP contribution in [-0.2, 0) is 0 Å². The van der Waals surface area contributed by atoms with Gasteiger partial charge >= 0.3 is 0 Å². The lowest BCUT2D eigenvalue weighted by Crippen LogP contribution is -1.99. The second-order valence-electron chi connectivity index (χ2n) is 7.23. The van der Waals surface area contributed by atoms with Gasteiger partial charge in [0.1, 0.15) is 11.4 Å². The first-order chi connectivity index (χ1) is 15.4. The molecule has 0 saturated carbocycles. The largest absolute Gasteiger partial charge is 0.212 e. The van der Waals surface area contributed by atoms with Gasteiger partial charge in [-0.25, -0.2) is 4.68 Å². The summed E-state index contributed by atoms with van der Waals surface area (Å²) in [5, 5.41) is 9.18. The van der Waals surface area contributed by atoms with Crippen molar-refractivity contribution in [2.75, 3.05) is 0 Å². The highest BCUT2D eigenvalue weighted by molar-refractivity contribution is 5.86. The summed E-state index contributed by atoms with van der Waals surface area (Å²) in [5.74, 6) is 0. The molecule has 0 bridgehead atoms. The Hall–Kier alpha value is -4.24. The normalized spacial score (nSPS) is 11.1. The predicted molar refractivity (Wildman–Crippen MR) is 128 cm³/mol. The molecule has 0 saturated heterocycles. The van der Waals surface area contributed by atoms with Crippen LogP contribution >= 0.6 is 0 Å². The van der Waals surface area contributed by atoms with Crippen molar-refractivity contribution in [3.8, 4) is 28.2 Å². The molecule has 148 valence electrons. The van der Waals surface area contributed by atoms with Gasteiger partial charge in [-0.15, -0.1) is 5.10 Å². The maximum Gasteiger partial charge on any atom is 0.122 e. The molecule has 5 aromatic rings. The second kappa shape index (κ2) is 8.64. The highest BCUT2D eigenvalue weighted by Gasteiger charge is 2.19. The third kappa shape index (κ3) is 3.94. The van der Waals surface area contributed by atoms with Crippen molar-refractivity contribution in [2.45, 2.75) is 0 Å². The summed E-state index contributed by atoms with van der Waals surface area (Å²) in [6.45, 7) is 0. The minimum Gasteiger partial charge on any atom is -0.212 e. The summed E-state index contributed by atoms with van der Waals surface area (Å²) in [6.07, 6.45) is 4.27. The van der Waals surface area contributed by atoms with Gasteiger partial charge in [0.2, 0.25) is 0 Å². The van der Waals surface area contributed by atoms with E-state index >= 15 is 0 Å². The standard InChI is InChI=1S/C28H21N3/c1-4-12-22(13-5-1)20-21-23-14-10-11-19-26(23)27-28(24-15-6-2-7-16-24)31(30-29-27)25-17-8-3-9-18-25/h1-21H/b21-20+. The molecule has 0 amide bonds. The quantitative estimate of drug-likeness (QED) is 0.305. The molecule has 1 aromatic heterocycles. The second-order valence-corrected chi connectivity index (χ2v) is 7.23. The summed E-state index contributed by atoms with van der Waals surface area (Å²) in [5.41, 5.74) is 7.22. The van der Waals surface area contributed by atoms with E-state index in [4.69, 9.17) is 0 Å². The topological polar surface area (TPSA) is 30.7 Å². The molecule has 0 atom stereocenters. The van der Waals surface area contributed by atoms with Crippen LogP contribution in [0.25, 0.3) is 40.4 Å². The van der Waals surface area contributed by atoms with Gasteiger partial charge in [-0.2, -0.15) is 0 Å². The maximum absolute atomic E-state index is 4.63. The van der Waals surface area contributed by atoms with E-state index < -0.39 is 0 Å². The van der Waals surface area contributed by atoms with E-state index in [2.05, 4.69) is 64.9 Å². The Morgan fingerprint density at radius 3 is 1.94 bits per heavy atom. The first-order valence-corrected chi connectivity index (χ1v) is 10.3. The zero-order valence-electron chi connectivity index (χ0n) is 17.0. The number of para-hydroxylation sites is 1. The molecule has 0 fully saturated rings. The minimum atomic E-state index is 0.864. The number of hydrogen-bond acceptors (Lipinski definition) is 2. The smallest absolute Gasteiger partial charge is 0.122 e. The highest BCUT2D eigenvalue weighted by Crippen LogP contribution is 2.34. The van der Waals surface area contributed by atoms with Crippen molar-refractivity contribution >= 4 is 12.2 Å². The maximum atomic E-state index is 4.63. The van der Waals surface area contributed by atoms with Gasteiger partial charge < -0.3 is 0 Å². The zero-order valence-corrected chi connectivity index (χ0v) is 17.0. The average Bonchev–Trinajstić information content (AvgIpc) is 3.30. The fraction of sp³-hybridized carbons (Fsp3) is 0. The monoisotopic (exact) mass is 399 g/mol. The molecule has 0 aliphatic carbocycles. The van der Waals surface area contributed by atoms with E-state index in [9.17, 15) is 0 Å². The molecule has 3 heteroatoms. The Balaban J connectivity index is 1.67. The Morgan fingerprint density at radius 2 is 1.19 bits per heavy atom. The highest BCUT2D eigenvalue weighted by atomic mass is 15.4. The molecule has 3 nitrogen and oxygen atoms in total. The summed E-state index contributed by atoms with van der Waals surface area (Å²) in [4.78, 5) is 0. The fourth-order valence-corrected chi connectivity index (χ4v) is 3.68. The van der Waals surface area contributed by atoms with E-state index in [1.807, 2.05) is 77.5 Å². The van der Waals surface area contributed by atoms with Crippen LogP contribution in [0.3, 0.4) is 0 Å². The van der Waals surface area contributed by atoms with Crippen LogP contribution < -0.4 is 0 Å². The lowest BCUT2D eigenvalue weighted by atomic mass is 9.99. The van der Waals surface area contributed by atoms with E-state index in [1.54, 1.807) is 0 Å². The van der Waals surface area contributed by atoms with E-state index in [1.165, 1.54) is 0 Å². The molecule has 5 rings (SSSR count). The lowest BCUT2D eigenvalue weighted by Gasteiger charge is -2.10. The number of rotatable bonds is 5. The SMILES string of the molecule is C(=C\c1ccccc1-c1nnn(-c2ccccc2)c1-c1ccccc1)/c1ccccc1. The average molecular weight is 399 g/mol. The Kier molecular flexibility index (Phi) is 5.23. The van der Waals surface area contributed by atoms with Crippen molar-refractivity contribution in [3.05, 3.63) is 126 Å². The molecule has 0 unspecified atom stereocenters. The van der Waals surface area contributed by atoms with Crippen molar-refractivity contribution in [1.82, 2.24) is 15.0 Å². The van der Waals surface area contributed by atoms with Crippen molar-refractivity contribution in [1.29, 1.82) is 0 Å². The first kappa shape index (κ1) is 18.8. The summed E-state index contributed by atoms with van der Waals surface area (Å²) in [6, 6.07) is 39.1. The number of benzene rings is 4. The molecule has 31 heavy (non-hydrogen) atoms. The first-order valence-electron chi connectivity index (χ1n) is 10.3. The van der Waals surface area contributed by atoms with Gasteiger partial charge in [0.05, 0.1) is 5.69 Å². The molecule has 0 N–H and O–H groups in total. The van der Waals surface area contributed by atoms with Crippen LogP contribution in [0.4, 0.5) is 0 Å². The van der Waals surface area contributed by atoms with Gasteiger partial charge in [0.15, 0.2) is 0 Å². The van der Waals surface area contributed by atoms with Crippen molar-refractivity contribution < 1.29 is 0 Å². The lowest BCUT2D eigenvalue weighted by molar-refractivity contribution is 0.808. The molecular weight excluding hydrogens is 378 g/mol. The van der Waals surface area contributed by atoms with E-state index in [0.29, 0.717) is 0 Å². The Labute approximate surface area is 181 Å². The molecule has 0 radical (unpaired) electrons. The number of hydrogen-bond donors (Lipinski definition) is 0. The Morgan fingerprint density at radius 1 is 0.581 bits per heavy atom. The predicted octanol–water partition coefficient (Wildman–Crippen LogP) is 6.77. The van der Waals surface area contributed by atoms with Crippen LogP contribution in [0.1, 0.15) is 11.1 Å². The fourth-order valence-electron chi connectivity index (χ4n) is 3.68. The van der Waals surface area contributed by atoms with Crippen LogP contribution in [0.5, 0.6) is 0 Å². The third-order valence-corrected chi connectivity index (χ3v) is 5.19. The van der Waals surface area contributed by atoms with Gasteiger partial charge in [0.25, 0.3) is 0 Å². The summed E-state index contributed by atoms with van der Waals surface area (Å²) in [7, 11) is 0. The van der Waals surface area contributed by atoms with Crippen LogP contribution in [-0.4, -0.2) is 15.0 Å². The van der Waals surface area contributed by atoms with Crippen molar-refractivity contribution in [2.24, 2.45) is 0 Å². The van der Waals surface area contributed by atoms with Crippen LogP contribution in [0, 0.1) is 0 Å². The molecule has 4 aromatic carbocycles. The van der Waals surface area contributed by atoms with Crippen molar-refractivity contribution in [3.63, 3.8) is 0 Å². The molecular formula is C28H21N3. The van der Waals surface area contributed by atoms with E-state index in [0.717, 1.165) is 39.3 Å². The molecule has 1 heterocycles. The van der Waals surface area contributed by atoms with Gasteiger partial charge in [-0.1, -0.05) is 120 Å². The zero-order chi connectivity index (χ0) is 20.9. The molecule has 0 aliphatic rings.